The van der Waals surface area contributed by atoms with Crippen molar-refractivity contribution >= 4 is 40.9 Å². The molecule has 4 rings (SSSR count). The van der Waals surface area contributed by atoms with E-state index in [9.17, 15) is 14.4 Å². The lowest BCUT2D eigenvalue weighted by Crippen LogP contribution is -2.48. The summed E-state index contributed by atoms with van der Waals surface area (Å²) in [5.41, 5.74) is 2.04. The van der Waals surface area contributed by atoms with Gasteiger partial charge in [0.25, 0.3) is 11.8 Å². The van der Waals surface area contributed by atoms with Crippen LogP contribution in [-0.2, 0) is 11.2 Å². The molecule has 3 aromatic rings. The fraction of sp³-hybridized carbons (Fsp3) is 0.182. The molecule has 0 spiro atoms. The van der Waals surface area contributed by atoms with Gasteiger partial charge in [-0.25, -0.2) is 4.68 Å². The second kappa shape index (κ2) is 8.53. The van der Waals surface area contributed by atoms with Crippen molar-refractivity contribution in [3.05, 3.63) is 81.6 Å². The number of nitrogens with one attached hydrogen (secondary N) is 1. The van der Waals surface area contributed by atoms with Crippen LogP contribution >= 0.6 is 23.2 Å². The number of halogens is 2. The topological polar surface area (TPSA) is 84.3 Å². The first-order valence-electron chi connectivity index (χ1n) is 9.61. The smallest absolute Gasteiger partial charge is 0.262 e. The van der Waals surface area contributed by atoms with Gasteiger partial charge in [0.05, 0.1) is 32.6 Å². The van der Waals surface area contributed by atoms with E-state index in [0.717, 1.165) is 16.3 Å². The molecular weight excluding hydrogens is 439 g/mol. The first-order valence-corrected chi connectivity index (χ1v) is 10.4. The van der Waals surface area contributed by atoms with E-state index < -0.39 is 23.8 Å². The maximum atomic E-state index is 12.7. The summed E-state index contributed by atoms with van der Waals surface area (Å²) in [5, 5.41) is 7.60. The van der Waals surface area contributed by atoms with Crippen molar-refractivity contribution < 1.29 is 14.4 Å². The van der Waals surface area contributed by atoms with E-state index in [0.29, 0.717) is 13.0 Å². The molecule has 1 atom stereocenters. The van der Waals surface area contributed by atoms with Gasteiger partial charge in [-0.15, -0.1) is 0 Å². The Labute approximate surface area is 188 Å². The number of hydrogen-bond donors (Lipinski definition) is 1. The number of fused-ring (bicyclic) bond motifs is 1. The third-order valence-electron chi connectivity index (χ3n) is 5.07. The quantitative estimate of drug-likeness (QED) is 0.575. The molecular formula is C22H18Cl2N4O3. The molecule has 1 aromatic heterocycles. The van der Waals surface area contributed by atoms with Gasteiger partial charge in [0.1, 0.15) is 6.04 Å². The van der Waals surface area contributed by atoms with Gasteiger partial charge in [0.2, 0.25) is 5.91 Å². The molecule has 1 aliphatic rings. The van der Waals surface area contributed by atoms with Crippen molar-refractivity contribution in [2.45, 2.75) is 19.4 Å². The molecule has 9 heteroatoms. The normalized spacial score (nSPS) is 14.0. The number of benzene rings is 2. The van der Waals surface area contributed by atoms with Crippen molar-refractivity contribution in [3.8, 4) is 5.69 Å². The van der Waals surface area contributed by atoms with Crippen LogP contribution in [0.25, 0.3) is 5.69 Å². The summed E-state index contributed by atoms with van der Waals surface area (Å²) < 4.78 is 1.76. The van der Waals surface area contributed by atoms with E-state index in [2.05, 4.69) is 10.4 Å². The number of amides is 3. The highest BCUT2D eigenvalue weighted by molar-refractivity contribution is 6.43. The van der Waals surface area contributed by atoms with Crippen LogP contribution in [0.1, 0.15) is 33.3 Å². The van der Waals surface area contributed by atoms with Gasteiger partial charge < -0.3 is 5.32 Å². The molecule has 1 aliphatic heterocycles. The predicted molar refractivity (Wildman–Crippen MR) is 117 cm³/mol. The van der Waals surface area contributed by atoms with Crippen LogP contribution in [0.15, 0.2) is 54.7 Å². The minimum Gasteiger partial charge on any atom is -0.354 e. The number of aromatic nitrogens is 2. The summed E-state index contributed by atoms with van der Waals surface area (Å²) in [7, 11) is 0. The second-order valence-corrected chi connectivity index (χ2v) is 7.91. The molecule has 31 heavy (non-hydrogen) atoms. The second-order valence-electron chi connectivity index (χ2n) is 7.10. The van der Waals surface area contributed by atoms with Crippen molar-refractivity contribution in [1.29, 1.82) is 0 Å². The fourth-order valence-electron chi connectivity index (χ4n) is 3.40. The van der Waals surface area contributed by atoms with Crippen molar-refractivity contribution in [1.82, 2.24) is 20.0 Å². The molecule has 0 saturated heterocycles. The number of imide groups is 1. The van der Waals surface area contributed by atoms with E-state index in [1.165, 1.54) is 19.1 Å². The third kappa shape index (κ3) is 4.06. The molecule has 2 heterocycles. The highest BCUT2D eigenvalue weighted by Gasteiger charge is 2.41. The van der Waals surface area contributed by atoms with Crippen LogP contribution < -0.4 is 5.32 Å². The maximum Gasteiger partial charge on any atom is 0.262 e. The molecule has 158 valence electrons. The van der Waals surface area contributed by atoms with Gasteiger partial charge in [-0.2, -0.15) is 5.10 Å². The lowest BCUT2D eigenvalue weighted by Gasteiger charge is -2.21. The largest absolute Gasteiger partial charge is 0.354 e. The van der Waals surface area contributed by atoms with Gasteiger partial charge >= 0.3 is 0 Å². The summed E-state index contributed by atoms with van der Waals surface area (Å²) >= 11 is 11.9. The fourth-order valence-corrected chi connectivity index (χ4v) is 3.73. The van der Waals surface area contributed by atoms with Crippen LogP contribution in [0, 0.1) is 0 Å². The first kappa shape index (κ1) is 21.1. The molecule has 0 fully saturated rings. The van der Waals surface area contributed by atoms with E-state index in [1.807, 2.05) is 42.6 Å². The Bertz CT molecular complexity index is 1140. The molecule has 1 unspecified atom stereocenters. The van der Waals surface area contributed by atoms with Gasteiger partial charge in [-0.05, 0) is 37.3 Å². The SMILES string of the molecule is CC(C(=O)NCCc1ccn(-c2ccccc2)n1)N1C(=O)c2cc(Cl)c(Cl)cc2C1=O. The standard InChI is InChI=1S/C22H18Cl2N4O3/c1-13(28-21(30)16-11-18(23)19(24)12-17(16)22(28)31)20(29)25-9-7-14-8-10-27(26-14)15-5-3-2-4-6-15/h2-6,8,10-13H,7,9H2,1H3,(H,25,29). The Balaban J connectivity index is 1.37. The number of nitrogens with zero attached hydrogens (tertiary/aromatic N) is 3. The van der Waals surface area contributed by atoms with Gasteiger partial charge in [-0.1, -0.05) is 41.4 Å². The molecule has 7 nitrogen and oxygen atoms in total. The van der Waals surface area contributed by atoms with Gasteiger partial charge in [0, 0.05) is 19.2 Å². The van der Waals surface area contributed by atoms with Crippen LogP contribution in [0.3, 0.4) is 0 Å². The average molecular weight is 457 g/mol. The molecule has 0 aliphatic carbocycles. The Morgan fingerprint density at radius 3 is 2.26 bits per heavy atom. The van der Waals surface area contributed by atoms with Gasteiger partial charge in [0.15, 0.2) is 0 Å². The van der Waals surface area contributed by atoms with E-state index >= 15 is 0 Å². The summed E-state index contributed by atoms with van der Waals surface area (Å²) in [6.45, 7) is 1.82. The molecule has 1 N–H and O–H groups in total. The zero-order chi connectivity index (χ0) is 22.1. The van der Waals surface area contributed by atoms with Crippen LogP contribution in [0.5, 0.6) is 0 Å². The van der Waals surface area contributed by atoms with Crippen LogP contribution in [-0.4, -0.2) is 45.0 Å². The molecule has 0 saturated carbocycles. The summed E-state index contributed by atoms with van der Waals surface area (Å²) in [4.78, 5) is 38.8. The van der Waals surface area contributed by atoms with E-state index in [-0.39, 0.29) is 21.2 Å². The summed E-state index contributed by atoms with van der Waals surface area (Å²) in [6, 6.07) is 13.3. The number of rotatable bonds is 6. The number of para-hydroxylation sites is 1. The van der Waals surface area contributed by atoms with Crippen molar-refractivity contribution in [2.24, 2.45) is 0 Å². The lowest BCUT2D eigenvalue weighted by molar-refractivity contribution is -0.124. The van der Waals surface area contributed by atoms with E-state index in [1.54, 1.807) is 4.68 Å². The van der Waals surface area contributed by atoms with Crippen molar-refractivity contribution in [3.63, 3.8) is 0 Å². The summed E-state index contributed by atoms with van der Waals surface area (Å²) in [6.07, 6.45) is 2.36. The van der Waals surface area contributed by atoms with E-state index in [4.69, 9.17) is 23.2 Å². The number of hydrogen-bond acceptors (Lipinski definition) is 4. The highest BCUT2D eigenvalue weighted by Crippen LogP contribution is 2.32. The highest BCUT2D eigenvalue weighted by atomic mass is 35.5. The minimum absolute atomic E-state index is 0.144. The maximum absolute atomic E-state index is 12.7. The minimum atomic E-state index is -0.980. The molecule has 0 bridgehead atoms. The van der Waals surface area contributed by atoms with Crippen molar-refractivity contribution in [2.75, 3.05) is 6.54 Å². The Morgan fingerprint density at radius 2 is 1.65 bits per heavy atom. The average Bonchev–Trinajstić information content (AvgIpc) is 3.32. The third-order valence-corrected chi connectivity index (χ3v) is 5.79. The monoisotopic (exact) mass is 456 g/mol. The predicted octanol–water partition coefficient (Wildman–Crippen LogP) is 3.52. The first-order chi connectivity index (χ1) is 14.9. The Hall–Kier alpha value is -3.16. The van der Waals surface area contributed by atoms with Crippen LogP contribution in [0.4, 0.5) is 0 Å². The lowest BCUT2D eigenvalue weighted by atomic mass is 10.1. The Kier molecular flexibility index (Phi) is 5.80. The number of carbonyl (C=O) groups is 3. The molecule has 2 aromatic carbocycles. The number of carbonyl (C=O) groups excluding carboxylic acids is 3. The summed E-state index contributed by atoms with van der Waals surface area (Å²) in [5.74, 6) is -1.57. The Morgan fingerprint density at radius 1 is 1.03 bits per heavy atom. The zero-order valence-electron chi connectivity index (χ0n) is 16.5. The van der Waals surface area contributed by atoms with Gasteiger partial charge in [-0.3, -0.25) is 19.3 Å². The zero-order valence-corrected chi connectivity index (χ0v) is 18.0. The van der Waals surface area contributed by atoms with Crippen LogP contribution in [0.2, 0.25) is 10.0 Å². The molecule has 3 amide bonds. The molecule has 0 radical (unpaired) electrons.